The van der Waals surface area contributed by atoms with Crippen LogP contribution in [-0.2, 0) is 16.1 Å². The van der Waals surface area contributed by atoms with Crippen LogP contribution in [0.1, 0.15) is 16.9 Å². The van der Waals surface area contributed by atoms with Crippen LogP contribution in [0.5, 0.6) is 5.75 Å². The first-order valence-electron chi connectivity index (χ1n) is 12.3. The fourth-order valence-corrected chi connectivity index (χ4v) is 4.90. The topological polar surface area (TPSA) is 96.5 Å². The number of nitrogens with zero attached hydrogens (tertiary/aromatic N) is 3. The number of amidine groups is 1. The minimum Gasteiger partial charge on any atom is -0.483 e. The van der Waals surface area contributed by atoms with Crippen LogP contribution in [0, 0.1) is 0 Å². The summed E-state index contributed by atoms with van der Waals surface area (Å²) in [6.45, 7) is -0.0326. The van der Waals surface area contributed by atoms with E-state index in [1.54, 1.807) is 85.3 Å². The third-order valence-electron chi connectivity index (χ3n) is 5.69. The zero-order chi connectivity index (χ0) is 28.6. The van der Waals surface area contributed by atoms with Crippen LogP contribution in [-0.4, -0.2) is 34.7 Å². The predicted octanol–water partition coefficient (Wildman–Crippen LogP) is 7.11. The molecule has 2 amide bonds. The Morgan fingerprint density at radius 2 is 1.71 bits per heavy atom. The Bertz CT molecular complexity index is 1620. The molecule has 5 rings (SSSR count). The number of rotatable bonds is 9. The number of anilines is 1. The van der Waals surface area contributed by atoms with Crippen molar-refractivity contribution in [2.75, 3.05) is 11.9 Å². The molecule has 4 aromatic rings. The Morgan fingerprint density at radius 1 is 0.976 bits per heavy atom. The number of carbonyl (C=O) groups is 2. The molecular weight excluding hydrogens is 583 g/mol. The van der Waals surface area contributed by atoms with E-state index >= 15 is 0 Å². The van der Waals surface area contributed by atoms with Crippen molar-refractivity contribution in [3.8, 4) is 5.75 Å². The number of benzene rings is 3. The van der Waals surface area contributed by atoms with Gasteiger partial charge in [-0.15, -0.1) is 5.10 Å². The zero-order valence-corrected chi connectivity index (χ0v) is 23.7. The Kier molecular flexibility index (Phi) is 9.20. The second kappa shape index (κ2) is 13.4. The third kappa shape index (κ3) is 7.67. The highest BCUT2D eigenvalue weighted by Gasteiger charge is 2.34. The van der Waals surface area contributed by atoms with Crippen molar-refractivity contribution in [2.24, 2.45) is 10.2 Å². The van der Waals surface area contributed by atoms with Crippen LogP contribution in [0.25, 0.3) is 6.08 Å². The number of carbonyl (C=O) groups excluding carboxylic acids is 2. The fourth-order valence-electron chi connectivity index (χ4n) is 3.72. The molecule has 0 radical (unpaired) electrons. The van der Waals surface area contributed by atoms with E-state index in [0.717, 1.165) is 5.56 Å². The smallest absolute Gasteiger partial charge is 0.267 e. The first kappa shape index (κ1) is 28.2. The van der Waals surface area contributed by atoms with Gasteiger partial charge >= 0.3 is 0 Å². The van der Waals surface area contributed by atoms with Gasteiger partial charge in [0.1, 0.15) is 11.5 Å². The second-order valence-corrected chi connectivity index (χ2v) is 10.5. The van der Waals surface area contributed by atoms with Crippen LogP contribution < -0.4 is 10.1 Å². The average molecular weight is 606 g/mol. The Morgan fingerprint density at radius 3 is 2.44 bits per heavy atom. The molecule has 1 N–H and O–H groups in total. The van der Waals surface area contributed by atoms with Gasteiger partial charge < -0.3 is 14.5 Å². The summed E-state index contributed by atoms with van der Waals surface area (Å²) < 4.78 is 11.3. The van der Waals surface area contributed by atoms with Gasteiger partial charge in [-0.25, -0.2) is 0 Å². The number of hydrogen-bond donors (Lipinski definition) is 1. The molecule has 1 aliphatic heterocycles. The summed E-state index contributed by atoms with van der Waals surface area (Å²) in [5, 5.41) is 12.8. The lowest BCUT2D eigenvalue weighted by molar-refractivity contribution is -0.122. The molecule has 1 fully saturated rings. The molecular formula is C30H22Cl2N4O4S. The lowest BCUT2D eigenvalue weighted by Crippen LogP contribution is -2.28. The van der Waals surface area contributed by atoms with Crippen molar-refractivity contribution in [3.05, 3.63) is 123 Å². The molecule has 0 unspecified atom stereocenters. The van der Waals surface area contributed by atoms with Crippen molar-refractivity contribution >= 4 is 69.9 Å². The van der Waals surface area contributed by atoms with Gasteiger partial charge in [-0.1, -0.05) is 53.5 Å². The minimum atomic E-state index is -0.335. The molecule has 41 heavy (non-hydrogen) atoms. The Hall–Kier alpha value is -4.31. The number of thioether (sulfide) groups is 1. The number of furan rings is 1. The van der Waals surface area contributed by atoms with Gasteiger partial charge in [0.2, 0.25) is 0 Å². The van der Waals surface area contributed by atoms with Crippen molar-refractivity contribution < 1.29 is 18.7 Å². The van der Waals surface area contributed by atoms with Gasteiger partial charge in [0.15, 0.2) is 11.8 Å². The summed E-state index contributed by atoms with van der Waals surface area (Å²) in [5.41, 5.74) is 2.05. The van der Waals surface area contributed by atoms with Gasteiger partial charge in [-0.2, -0.15) is 5.10 Å². The molecule has 8 nitrogen and oxygen atoms in total. The third-order valence-corrected chi connectivity index (χ3v) is 7.20. The quantitative estimate of drug-likeness (QED) is 0.125. The summed E-state index contributed by atoms with van der Waals surface area (Å²) >= 11 is 13.0. The SMILES string of the molecule is O=C(COc1ccccc1/C=C1\S/C(=N/N=C\c2ccc(Cl)cc2)N(Cc2ccco2)C1=O)Nc1ccc(Cl)cc1. The van der Waals surface area contributed by atoms with Crippen molar-refractivity contribution in [3.63, 3.8) is 0 Å². The molecule has 0 spiro atoms. The molecule has 1 aromatic heterocycles. The molecule has 0 bridgehead atoms. The summed E-state index contributed by atoms with van der Waals surface area (Å²) in [5.74, 6) is 0.453. The second-order valence-electron chi connectivity index (χ2n) is 8.64. The summed E-state index contributed by atoms with van der Waals surface area (Å²) in [6, 6.07) is 24.6. The highest BCUT2D eigenvalue weighted by atomic mass is 35.5. The van der Waals surface area contributed by atoms with E-state index in [1.807, 2.05) is 18.2 Å². The van der Waals surface area contributed by atoms with Crippen molar-refractivity contribution in [1.29, 1.82) is 0 Å². The predicted molar refractivity (Wildman–Crippen MR) is 163 cm³/mol. The summed E-state index contributed by atoms with van der Waals surface area (Å²) in [7, 11) is 0. The highest BCUT2D eigenvalue weighted by molar-refractivity contribution is 8.18. The molecule has 3 aromatic carbocycles. The lowest BCUT2D eigenvalue weighted by Gasteiger charge is -2.12. The molecule has 0 atom stereocenters. The maximum Gasteiger partial charge on any atom is 0.267 e. The monoisotopic (exact) mass is 604 g/mol. The standard InChI is InChI=1S/C30H22Cl2N4O4S/c31-22-9-7-20(8-10-22)17-33-35-30-36(18-25-5-3-15-39-25)29(38)27(41-30)16-21-4-1-2-6-26(21)40-19-28(37)34-24-13-11-23(32)12-14-24/h1-17H,18-19H2,(H,34,37)/b27-16-,33-17-,35-30+. The van der Waals surface area contributed by atoms with E-state index in [0.29, 0.717) is 42.9 Å². The number of ether oxygens (including phenoxy) is 1. The number of halogens is 2. The lowest BCUT2D eigenvalue weighted by atomic mass is 10.2. The van der Waals surface area contributed by atoms with Crippen LogP contribution in [0.4, 0.5) is 5.69 Å². The minimum absolute atomic E-state index is 0.189. The largest absolute Gasteiger partial charge is 0.483 e. The van der Waals surface area contributed by atoms with Gasteiger partial charge in [0, 0.05) is 21.3 Å². The molecule has 0 aliphatic carbocycles. The molecule has 206 valence electrons. The van der Waals surface area contributed by atoms with Crippen molar-refractivity contribution in [1.82, 2.24) is 4.90 Å². The highest BCUT2D eigenvalue weighted by Crippen LogP contribution is 2.35. The van der Waals surface area contributed by atoms with Gasteiger partial charge in [0.25, 0.3) is 11.8 Å². The van der Waals surface area contributed by atoms with Crippen LogP contribution in [0.15, 0.2) is 111 Å². The van der Waals surface area contributed by atoms with Gasteiger partial charge in [0.05, 0.1) is 23.9 Å². The first-order valence-corrected chi connectivity index (χ1v) is 13.9. The van der Waals surface area contributed by atoms with Gasteiger partial charge in [-0.3, -0.25) is 14.5 Å². The van der Waals surface area contributed by atoms with Crippen LogP contribution in [0.2, 0.25) is 10.0 Å². The molecule has 11 heteroatoms. The van der Waals surface area contributed by atoms with Gasteiger partial charge in [-0.05, 0) is 78.0 Å². The summed E-state index contributed by atoms with van der Waals surface area (Å²) in [6.07, 6.45) is 4.84. The number of para-hydroxylation sites is 1. The van der Waals surface area contributed by atoms with E-state index in [4.69, 9.17) is 32.4 Å². The molecule has 2 heterocycles. The normalized spacial score (nSPS) is 15.3. The van der Waals surface area contributed by atoms with E-state index < -0.39 is 0 Å². The van der Waals surface area contributed by atoms with E-state index in [-0.39, 0.29) is 25.0 Å². The first-order chi connectivity index (χ1) is 19.9. The Balaban J connectivity index is 1.33. The van der Waals surface area contributed by atoms with E-state index in [1.165, 1.54) is 16.7 Å². The number of hydrogen-bond acceptors (Lipinski definition) is 7. The van der Waals surface area contributed by atoms with Crippen LogP contribution >= 0.6 is 35.0 Å². The maximum atomic E-state index is 13.5. The van der Waals surface area contributed by atoms with E-state index in [9.17, 15) is 9.59 Å². The van der Waals surface area contributed by atoms with Crippen LogP contribution in [0.3, 0.4) is 0 Å². The molecule has 1 saturated heterocycles. The molecule has 1 aliphatic rings. The number of amides is 2. The fraction of sp³-hybridized carbons (Fsp3) is 0.0667. The Labute approximate surface area is 250 Å². The molecule has 0 saturated carbocycles. The van der Waals surface area contributed by atoms with Crippen molar-refractivity contribution in [2.45, 2.75) is 6.54 Å². The number of nitrogens with one attached hydrogen (secondary N) is 1. The zero-order valence-electron chi connectivity index (χ0n) is 21.4. The summed E-state index contributed by atoms with van der Waals surface area (Å²) in [4.78, 5) is 27.8. The average Bonchev–Trinajstić information content (AvgIpc) is 3.59. The maximum absolute atomic E-state index is 13.5. The van der Waals surface area contributed by atoms with E-state index in [2.05, 4.69) is 15.5 Å².